The van der Waals surface area contributed by atoms with Gasteiger partial charge in [0.15, 0.2) is 12.4 Å². The Morgan fingerprint density at radius 2 is 1.97 bits per heavy atom. The van der Waals surface area contributed by atoms with Crippen LogP contribution >= 0.6 is 0 Å². The van der Waals surface area contributed by atoms with E-state index in [2.05, 4.69) is 10.2 Å². The predicted molar refractivity (Wildman–Crippen MR) is 109 cm³/mol. The molecule has 7 heteroatoms. The Labute approximate surface area is 174 Å². The predicted octanol–water partition coefficient (Wildman–Crippen LogP) is 2.82. The summed E-state index contributed by atoms with van der Waals surface area (Å²) in [5.74, 6) is 0.129. The van der Waals surface area contributed by atoms with Crippen LogP contribution in [-0.4, -0.2) is 30.4 Å². The van der Waals surface area contributed by atoms with E-state index in [0.29, 0.717) is 42.0 Å². The first kappa shape index (κ1) is 19.8. The molecule has 30 heavy (non-hydrogen) atoms. The van der Waals surface area contributed by atoms with Gasteiger partial charge in [0.2, 0.25) is 0 Å². The number of rotatable bonds is 5. The Balaban J connectivity index is 1.47. The number of carbonyl (C=O) groups is 1. The lowest BCUT2D eigenvalue weighted by atomic mass is 10.1. The number of ether oxygens (including phenoxy) is 1. The summed E-state index contributed by atoms with van der Waals surface area (Å²) in [5.41, 5.74) is 1.83. The summed E-state index contributed by atoms with van der Waals surface area (Å²) < 4.78 is 21.2. The summed E-state index contributed by atoms with van der Waals surface area (Å²) in [6.07, 6.45) is 2.10. The zero-order valence-corrected chi connectivity index (χ0v) is 16.3. The molecule has 1 aliphatic heterocycles. The highest BCUT2D eigenvalue weighted by atomic mass is 19.1. The van der Waals surface area contributed by atoms with E-state index in [1.807, 2.05) is 24.3 Å². The maximum atomic E-state index is 14.4. The van der Waals surface area contributed by atoms with Gasteiger partial charge in [-0.05, 0) is 18.2 Å². The van der Waals surface area contributed by atoms with Crippen LogP contribution in [0.25, 0.3) is 0 Å². The number of benzene rings is 2. The van der Waals surface area contributed by atoms with Crippen LogP contribution in [0.5, 0.6) is 5.75 Å². The third-order valence-corrected chi connectivity index (χ3v) is 5.06. The van der Waals surface area contributed by atoms with E-state index in [1.54, 1.807) is 24.3 Å². The molecule has 0 spiro atoms. The number of para-hydroxylation sites is 1. The number of nitrogens with zero attached hydrogens (tertiary/aromatic N) is 2. The average molecular weight is 407 g/mol. The van der Waals surface area contributed by atoms with Crippen LogP contribution in [0.3, 0.4) is 0 Å². The molecule has 1 N–H and O–H groups in total. The number of pyridine rings is 1. The highest BCUT2D eigenvalue weighted by Gasteiger charge is 2.26. The van der Waals surface area contributed by atoms with Gasteiger partial charge >= 0.3 is 0 Å². The molecule has 4 rings (SSSR count). The molecule has 1 aromatic heterocycles. The van der Waals surface area contributed by atoms with E-state index in [1.165, 1.54) is 24.5 Å². The fourth-order valence-electron chi connectivity index (χ4n) is 3.57. The van der Waals surface area contributed by atoms with Crippen molar-refractivity contribution in [3.8, 4) is 5.75 Å². The van der Waals surface area contributed by atoms with E-state index in [4.69, 9.17) is 4.74 Å². The maximum absolute atomic E-state index is 14.4. The molecule has 1 atom stereocenters. The monoisotopic (exact) mass is 407 g/mol. The third-order valence-electron chi connectivity index (χ3n) is 5.06. The fraction of sp³-hybridized carbons (Fsp3) is 0.217. The zero-order valence-electron chi connectivity index (χ0n) is 16.3. The van der Waals surface area contributed by atoms with Gasteiger partial charge in [0, 0.05) is 43.4 Å². The molecule has 154 valence electrons. The van der Waals surface area contributed by atoms with Crippen LogP contribution in [-0.2, 0) is 6.54 Å². The van der Waals surface area contributed by atoms with Crippen molar-refractivity contribution in [2.24, 2.45) is 0 Å². The van der Waals surface area contributed by atoms with Crippen molar-refractivity contribution in [3.05, 3.63) is 101 Å². The molecular weight excluding hydrogens is 385 g/mol. The second-order valence-electron chi connectivity index (χ2n) is 7.18. The van der Waals surface area contributed by atoms with Crippen molar-refractivity contribution in [2.75, 3.05) is 19.6 Å². The van der Waals surface area contributed by atoms with Gasteiger partial charge < -0.3 is 15.3 Å². The normalized spacial score (nSPS) is 16.2. The lowest BCUT2D eigenvalue weighted by Gasteiger charge is -2.24. The SMILES string of the molecule is O=C(NCCN1Cc2ccccc2OC(c2ccccc2F)C1)c1ccc[n+]([O-])c1. The van der Waals surface area contributed by atoms with Crippen LogP contribution in [0.15, 0.2) is 73.1 Å². The Hall–Kier alpha value is -3.45. The molecule has 0 bridgehead atoms. The molecule has 1 aliphatic rings. The molecule has 0 saturated carbocycles. The van der Waals surface area contributed by atoms with E-state index >= 15 is 0 Å². The van der Waals surface area contributed by atoms with Gasteiger partial charge in [-0.25, -0.2) is 4.39 Å². The van der Waals surface area contributed by atoms with Crippen LogP contribution in [0.2, 0.25) is 0 Å². The van der Waals surface area contributed by atoms with E-state index in [0.717, 1.165) is 11.3 Å². The number of aromatic nitrogens is 1. The summed E-state index contributed by atoms with van der Waals surface area (Å²) in [6, 6.07) is 17.5. The lowest BCUT2D eigenvalue weighted by molar-refractivity contribution is -0.605. The van der Waals surface area contributed by atoms with E-state index in [-0.39, 0.29) is 11.7 Å². The molecule has 0 saturated heterocycles. The van der Waals surface area contributed by atoms with Gasteiger partial charge in [-0.3, -0.25) is 9.69 Å². The van der Waals surface area contributed by atoms with Crippen molar-refractivity contribution in [2.45, 2.75) is 12.6 Å². The van der Waals surface area contributed by atoms with Crippen molar-refractivity contribution >= 4 is 5.91 Å². The van der Waals surface area contributed by atoms with Crippen LogP contribution in [0, 0.1) is 11.0 Å². The largest absolute Gasteiger partial charge is 0.619 e. The van der Waals surface area contributed by atoms with Gasteiger partial charge in [-0.15, -0.1) is 0 Å². The number of carbonyl (C=O) groups excluding carboxylic acids is 1. The minimum atomic E-state index is -0.459. The van der Waals surface area contributed by atoms with Gasteiger partial charge in [0.05, 0.1) is 0 Å². The van der Waals surface area contributed by atoms with E-state index in [9.17, 15) is 14.4 Å². The number of amides is 1. The van der Waals surface area contributed by atoms with Crippen molar-refractivity contribution in [3.63, 3.8) is 0 Å². The smallest absolute Gasteiger partial charge is 0.257 e. The van der Waals surface area contributed by atoms with Gasteiger partial charge in [0.1, 0.15) is 23.2 Å². The highest BCUT2D eigenvalue weighted by Crippen LogP contribution is 2.31. The Morgan fingerprint density at radius 1 is 1.17 bits per heavy atom. The number of halogens is 1. The minimum absolute atomic E-state index is 0.301. The Bertz CT molecular complexity index is 1040. The Morgan fingerprint density at radius 3 is 2.80 bits per heavy atom. The molecule has 0 radical (unpaired) electrons. The number of hydrogen-bond acceptors (Lipinski definition) is 4. The second kappa shape index (κ2) is 8.92. The fourth-order valence-corrected chi connectivity index (χ4v) is 3.57. The first-order valence-corrected chi connectivity index (χ1v) is 9.78. The summed E-state index contributed by atoms with van der Waals surface area (Å²) in [4.78, 5) is 14.4. The average Bonchev–Trinajstić information content (AvgIpc) is 2.93. The number of fused-ring (bicyclic) bond motifs is 1. The molecule has 2 heterocycles. The molecule has 0 fully saturated rings. The minimum Gasteiger partial charge on any atom is -0.619 e. The lowest BCUT2D eigenvalue weighted by Crippen LogP contribution is -2.37. The highest BCUT2D eigenvalue weighted by molar-refractivity contribution is 5.93. The van der Waals surface area contributed by atoms with Crippen LogP contribution in [0.1, 0.15) is 27.6 Å². The van der Waals surface area contributed by atoms with E-state index < -0.39 is 6.10 Å². The number of nitrogens with one attached hydrogen (secondary N) is 1. The maximum Gasteiger partial charge on any atom is 0.257 e. The third kappa shape index (κ3) is 4.58. The molecule has 6 nitrogen and oxygen atoms in total. The summed E-state index contributed by atoms with van der Waals surface area (Å²) in [7, 11) is 0. The van der Waals surface area contributed by atoms with Gasteiger partial charge in [0.25, 0.3) is 5.91 Å². The van der Waals surface area contributed by atoms with Crippen molar-refractivity contribution in [1.29, 1.82) is 0 Å². The molecule has 1 unspecified atom stereocenters. The summed E-state index contributed by atoms with van der Waals surface area (Å²) >= 11 is 0. The second-order valence-corrected chi connectivity index (χ2v) is 7.18. The molecule has 3 aromatic rings. The number of hydrogen-bond donors (Lipinski definition) is 1. The molecular formula is C23H22FN3O3. The summed E-state index contributed by atoms with van der Waals surface area (Å²) in [5, 5.41) is 14.2. The Kier molecular flexibility index (Phi) is 5.90. The standard InChI is InChI=1S/C23H22FN3O3/c24-20-9-3-2-8-19(20)22-16-26(14-17-6-1-4-10-21(17)30-22)13-11-25-23(28)18-7-5-12-27(29)15-18/h1-10,12,15,22H,11,13-14,16H2,(H,25,28). The van der Waals surface area contributed by atoms with Crippen LogP contribution in [0.4, 0.5) is 4.39 Å². The molecule has 2 aromatic carbocycles. The first-order valence-electron chi connectivity index (χ1n) is 9.78. The summed E-state index contributed by atoms with van der Waals surface area (Å²) in [6.45, 7) is 2.05. The van der Waals surface area contributed by atoms with Crippen LogP contribution < -0.4 is 14.8 Å². The first-order chi connectivity index (χ1) is 14.6. The molecule has 0 aliphatic carbocycles. The molecule has 1 amide bonds. The van der Waals surface area contributed by atoms with Gasteiger partial charge in [-0.2, -0.15) is 4.73 Å². The zero-order chi connectivity index (χ0) is 20.9. The van der Waals surface area contributed by atoms with Crippen molar-refractivity contribution < 1.29 is 18.7 Å². The topological polar surface area (TPSA) is 68.5 Å². The van der Waals surface area contributed by atoms with Gasteiger partial charge in [-0.1, -0.05) is 36.4 Å². The van der Waals surface area contributed by atoms with Crippen molar-refractivity contribution in [1.82, 2.24) is 10.2 Å². The quantitative estimate of drug-likeness (QED) is 0.522.